The third-order valence-electron chi connectivity index (χ3n) is 5.26. The van der Waals surface area contributed by atoms with E-state index in [1.165, 1.54) is 11.6 Å². The smallest absolute Gasteiger partial charge is 0.248 e. The van der Waals surface area contributed by atoms with Gasteiger partial charge in [-0.1, -0.05) is 12.1 Å². The Kier molecular flexibility index (Phi) is 6.32. The number of hydrogen-bond acceptors (Lipinski definition) is 5. The Balaban J connectivity index is 1.34. The molecule has 0 aliphatic carbocycles. The largest absolute Gasteiger partial charge is 0.393 e. The molecular weight excluding hydrogens is 378 g/mol. The molecule has 1 amide bonds. The lowest BCUT2D eigenvalue weighted by atomic mass is 10.0. The Morgan fingerprint density at radius 1 is 1.20 bits per heavy atom. The summed E-state index contributed by atoms with van der Waals surface area (Å²) in [4.78, 5) is 18.8. The molecule has 3 N–H and O–H groups in total. The molecule has 3 aromatic rings. The number of hydrogen-bond donors (Lipinski definition) is 3. The highest BCUT2D eigenvalue weighted by Gasteiger charge is 2.16. The molecule has 0 unspecified atom stereocenters. The van der Waals surface area contributed by atoms with E-state index in [0.717, 1.165) is 54.9 Å². The molecule has 1 saturated heterocycles. The van der Waals surface area contributed by atoms with E-state index in [2.05, 4.69) is 25.4 Å². The fourth-order valence-electron chi connectivity index (χ4n) is 3.58. The van der Waals surface area contributed by atoms with Gasteiger partial charge in [-0.3, -0.25) is 19.8 Å². The van der Waals surface area contributed by atoms with E-state index in [4.69, 9.17) is 0 Å². The SMILES string of the molecule is O=C(/C=C/c1cnccc1-c1cn[nH]c1)Nc1ccc(CN2CCC(O)CC2)cc1. The Morgan fingerprint density at radius 2 is 2.00 bits per heavy atom. The number of benzene rings is 1. The standard InChI is InChI=1S/C23H25N5O2/c29-21-8-11-28(12-9-21)16-17-1-4-20(5-2-17)27-23(30)6-3-18-13-24-10-7-22(18)19-14-25-26-15-19/h1-7,10,13-15,21,29H,8-9,11-12,16H2,(H,25,26)(H,27,30)/b6-3+. The zero-order valence-corrected chi connectivity index (χ0v) is 16.7. The lowest BCUT2D eigenvalue weighted by molar-refractivity contribution is -0.111. The Hall–Kier alpha value is -3.29. The van der Waals surface area contributed by atoms with Crippen LogP contribution in [-0.4, -0.2) is 50.3 Å². The highest BCUT2D eigenvalue weighted by atomic mass is 16.3. The fraction of sp³-hybridized carbons (Fsp3) is 0.261. The summed E-state index contributed by atoms with van der Waals surface area (Å²) < 4.78 is 0. The van der Waals surface area contributed by atoms with Crippen molar-refractivity contribution in [3.63, 3.8) is 0 Å². The van der Waals surface area contributed by atoms with Gasteiger partial charge in [0.15, 0.2) is 0 Å². The van der Waals surface area contributed by atoms with Crippen LogP contribution in [-0.2, 0) is 11.3 Å². The third kappa shape index (κ3) is 5.20. The van der Waals surface area contributed by atoms with Crippen LogP contribution in [0, 0.1) is 0 Å². The van der Waals surface area contributed by atoms with Gasteiger partial charge in [0.1, 0.15) is 0 Å². The number of pyridine rings is 1. The summed E-state index contributed by atoms with van der Waals surface area (Å²) in [6.07, 6.45) is 11.7. The first-order valence-electron chi connectivity index (χ1n) is 10.1. The van der Waals surface area contributed by atoms with Crippen LogP contribution in [0.1, 0.15) is 24.0 Å². The van der Waals surface area contributed by atoms with Gasteiger partial charge in [0, 0.05) is 61.1 Å². The number of nitrogens with one attached hydrogen (secondary N) is 2. The Morgan fingerprint density at radius 3 is 2.73 bits per heavy atom. The van der Waals surface area contributed by atoms with Gasteiger partial charge in [0.2, 0.25) is 5.91 Å². The summed E-state index contributed by atoms with van der Waals surface area (Å²) >= 11 is 0. The number of piperidine rings is 1. The molecule has 1 aromatic carbocycles. The maximum Gasteiger partial charge on any atom is 0.248 e. The Bertz CT molecular complexity index is 991. The molecule has 0 radical (unpaired) electrons. The lowest BCUT2D eigenvalue weighted by Crippen LogP contribution is -2.35. The van der Waals surface area contributed by atoms with Crippen LogP contribution in [0.3, 0.4) is 0 Å². The van der Waals surface area contributed by atoms with Crippen molar-refractivity contribution in [2.45, 2.75) is 25.5 Å². The molecule has 3 heterocycles. The van der Waals surface area contributed by atoms with Crippen LogP contribution in [0.5, 0.6) is 0 Å². The number of carbonyl (C=O) groups excluding carboxylic acids is 1. The molecule has 7 nitrogen and oxygen atoms in total. The number of likely N-dealkylation sites (tertiary alicyclic amines) is 1. The second-order valence-corrected chi connectivity index (χ2v) is 7.48. The van der Waals surface area contributed by atoms with Gasteiger partial charge in [-0.2, -0.15) is 5.10 Å². The zero-order chi connectivity index (χ0) is 20.8. The summed E-state index contributed by atoms with van der Waals surface area (Å²) in [5.74, 6) is -0.199. The zero-order valence-electron chi connectivity index (χ0n) is 16.7. The molecule has 0 atom stereocenters. The van der Waals surface area contributed by atoms with Crippen molar-refractivity contribution in [1.82, 2.24) is 20.1 Å². The normalized spacial score (nSPS) is 15.5. The molecule has 4 rings (SSSR count). The quantitative estimate of drug-likeness (QED) is 0.550. The van der Waals surface area contributed by atoms with Crippen molar-refractivity contribution in [2.75, 3.05) is 18.4 Å². The minimum absolute atomic E-state index is 0.158. The fourth-order valence-corrected chi connectivity index (χ4v) is 3.58. The minimum atomic E-state index is -0.199. The van der Waals surface area contributed by atoms with Gasteiger partial charge in [-0.15, -0.1) is 0 Å². The molecule has 1 aliphatic rings. The number of aliphatic hydroxyl groups excluding tert-OH is 1. The van der Waals surface area contributed by atoms with E-state index in [1.807, 2.05) is 30.3 Å². The third-order valence-corrected chi connectivity index (χ3v) is 5.26. The molecule has 154 valence electrons. The van der Waals surface area contributed by atoms with Crippen LogP contribution in [0.25, 0.3) is 17.2 Å². The molecular formula is C23H25N5O2. The van der Waals surface area contributed by atoms with E-state index in [1.54, 1.807) is 30.9 Å². The van der Waals surface area contributed by atoms with Crippen LogP contribution in [0.15, 0.2) is 61.2 Å². The molecule has 0 bridgehead atoms. The van der Waals surface area contributed by atoms with Gasteiger partial charge in [-0.25, -0.2) is 0 Å². The number of H-pyrrole nitrogens is 1. The predicted octanol–water partition coefficient (Wildman–Crippen LogP) is 3.08. The summed E-state index contributed by atoms with van der Waals surface area (Å²) in [5, 5.41) is 19.3. The van der Waals surface area contributed by atoms with Gasteiger partial charge in [0.25, 0.3) is 0 Å². The first-order valence-corrected chi connectivity index (χ1v) is 10.1. The number of anilines is 1. The predicted molar refractivity (Wildman–Crippen MR) is 116 cm³/mol. The van der Waals surface area contributed by atoms with E-state index in [9.17, 15) is 9.90 Å². The summed E-state index contributed by atoms with van der Waals surface area (Å²) in [6.45, 7) is 2.69. The highest BCUT2D eigenvalue weighted by Crippen LogP contribution is 2.22. The number of nitrogens with zero attached hydrogens (tertiary/aromatic N) is 3. The summed E-state index contributed by atoms with van der Waals surface area (Å²) in [6, 6.07) is 9.79. The van der Waals surface area contributed by atoms with Crippen LogP contribution >= 0.6 is 0 Å². The van der Waals surface area contributed by atoms with Crippen LogP contribution in [0.2, 0.25) is 0 Å². The maximum absolute atomic E-state index is 12.3. The van der Waals surface area contributed by atoms with Crippen molar-refractivity contribution in [1.29, 1.82) is 0 Å². The van der Waals surface area contributed by atoms with Gasteiger partial charge in [-0.05, 0) is 48.2 Å². The van der Waals surface area contributed by atoms with Gasteiger partial charge in [0.05, 0.1) is 12.3 Å². The van der Waals surface area contributed by atoms with Gasteiger partial charge < -0.3 is 10.4 Å². The average molecular weight is 403 g/mol. The second kappa shape index (κ2) is 9.47. The van der Waals surface area contributed by atoms with Gasteiger partial charge >= 0.3 is 0 Å². The highest BCUT2D eigenvalue weighted by molar-refractivity contribution is 6.02. The first-order chi connectivity index (χ1) is 14.7. The van der Waals surface area contributed by atoms with E-state index in [-0.39, 0.29) is 12.0 Å². The van der Waals surface area contributed by atoms with Crippen molar-refractivity contribution in [3.8, 4) is 11.1 Å². The molecule has 2 aromatic heterocycles. The van der Waals surface area contributed by atoms with Crippen molar-refractivity contribution < 1.29 is 9.90 Å². The number of aromatic nitrogens is 3. The number of rotatable bonds is 6. The summed E-state index contributed by atoms with van der Waals surface area (Å²) in [5.41, 5.74) is 4.69. The number of aliphatic hydroxyl groups is 1. The maximum atomic E-state index is 12.3. The molecule has 1 fully saturated rings. The second-order valence-electron chi connectivity index (χ2n) is 7.48. The van der Waals surface area contributed by atoms with Crippen molar-refractivity contribution in [3.05, 3.63) is 72.3 Å². The Labute approximate surface area is 175 Å². The monoisotopic (exact) mass is 403 g/mol. The molecule has 0 saturated carbocycles. The van der Waals surface area contributed by atoms with E-state index >= 15 is 0 Å². The molecule has 0 spiro atoms. The molecule has 1 aliphatic heterocycles. The topological polar surface area (TPSA) is 94.1 Å². The molecule has 7 heteroatoms. The number of amides is 1. The van der Waals surface area contributed by atoms with E-state index in [0.29, 0.717) is 0 Å². The summed E-state index contributed by atoms with van der Waals surface area (Å²) in [7, 11) is 0. The minimum Gasteiger partial charge on any atom is -0.393 e. The number of aromatic amines is 1. The first kappa shape index (κ1) is 20.0. The van der Waals surface area contributed by atoms with Crippen LogP contribution < -0.4 is 5.32 Å². The van der Waals surface area contributed by atoms with Crippen molar-refractivity contribution >= 4 is 17.7 Å². The van der Waals surface area contributed by atoms with Crippen molar-refractivity contribution in [2.24, 2.45) is 0 Å². The number of carbonyl (C=O) groups is 1. The average Bonchev–Trinajstić information content (AvgIpc) is 3.30. The van der Waals surface area contributed by atoms with E-state index < -0.39 is 0 Å². The van der Waals surface area contributed by atoms with Crippen LogP contribution in [0.4, 0.5) is 5.69 Å². The lowest BCUT2D eigenvalue weighted by Gasteiger charge is -2.29. The molecule has 30 heavy (non-hydrogen) atoms.